The van der Waals surface area contributed by atoms with Crippen LogP contribution in [0, 0.1) is 5.92 Å². The van der Waals surface area contributed by atoms with Gasteiger partial charge in [-0.2, -0.15) is 0 Å². The first-order chi connectivity index (χ1) is 8.43. The second kappa shape index (κ2) is 5.87. The fraction of sp³-hybridized carbons (Fsp3) is 0.500. The Morgan fingerprint density at radius 3 is 2.61 bits per heavy atom. The Kier molecular flexibility index (Phi) is 4.73. The SMILES string of the molecule is CCOC(=O)C(CC)C(C)(O)c1cccc(O)c1. The number of rotatable bonds is 5. The van der Waals surface area contributed by atoms with Gasteiger partial charge in [-0.1, -0.05) is 19.1 Å². The van der Waals surface area contributed by atoms with Gasteiger partial charge in [-0.25, -0.2) is 0 Å². The quantitative estimate of drug-likeness (QED) is 0.788. The van der Waals surface area contributed by atoms with Crippen molar-refractivity contribution < 1.29 is 19.7 Å². The Morgan fingerprint density at radius 1 is 1.44 bits per heavy atom. The van der Waals surface area contributed by atoms with Gasteiger partial charge in [-0.05, 0) is 38.0 Å². The lowest BCUT2D eigenvalue weighted by molar-refractivity contribution is -0.158. The van der Waals surface area contributed by atoms with Crippen molar-refractivity contribution in [3.63, 3.8) is 0 Å². The van der Waals surface area contributed by atoms with Gasteiger partial charge >= 0.3 is 5.97 Å². The van der Waals surface area contributed by atoms with Crippen LogP contribution in [-0.2, 0) is 15.1 Å². The third-order valence-electron chi connectivity index (χ3n) is 3.09. The van der Waals surface area contributed by atoms with Gasteiger partial charge in [0.1, 0.15) is 11.4 Å². The van der Waals surface area contributed by atoms with Crippen LogP contribution < -0.4 is 0 Å². The van der Waals surface area contributed by atoms with Crippen molar-refractivity contribution in [2.45, 2.75) is 32.8 Å². The number of aromatic hydroxyl groups is 1. The molecule has 0 aliphatic rings. The molecule has 2 unspecified atom stereocenters. The Bertz CT molecular complexity index is 412. The van der Waals surface area contributed by atoms with Crippen LogP contribution in [-0.4, -0.2) is 22.8 Å². The minimum atomic E-state index is -1.36. The monoisotopic (exact) mass is 252 g/mol. The normalized spacial score (nSPS) is 15.8. The number of hydrogen-bond acceptors (Lipinski definition) is 4. The summed E-state index contributed by atoms with van der Waals surface area (Å²) in [4.78, 5) is 11.8. The molecule has 0 heterocycles. The highest BCUT2D eigenvalue weighted by molar-refractivity contribution is 5.74. The largest absolute Gasteiger partial charge is 0.508 e. The number of phenols is 1. The van der Waals surface area contributed by atoms with E-state index in [-0.39, 0.29) is 12.4 Å². The van der Waals surface area contributed by atoms with Crippen molar-refractivity contribution in [2.24, 2.45) is 5.92 Å². The summed E-state index contributed by atoms with van der Waals surface area (Å²) in [6, 6.07) is 6.30. The van der Waals surface area contributed by atoms with Gasteiger partial charge < -0.3 is 14.9 Å². The summed E-state index contributed by atoms with van der Waals surface area (Å²) in [7, 11) is 0. The lowest BCUT2D eigenvalue weighted by Crippen LogP contribution is -2.38. The van der Waals surface area contributed by atoms with E-state index in [0.717, 1.165) is 0 Å². The first-order valence-electron chi connectivity index (χ1n) is 6.12. The molecule has 1 aromatic carbocycles. The molecule has 1 aromatic rings. The summed E-state index contributed by atoms with van der Waals surface area (Å²) in [5.74, 6) is -1.01. The van der Waals surface area contributed by atoms with E-state index in [4.69, 9.17) is 4.74 Å². The smallest absolute Gasteiger partial charge is 0.312 e. The fourth-order valence-corrected chi connectivity index (χ4v) is 2.06. The molecule has 2 atom stereocenters. The Morgan fingerprint density at radius 2 is 2.11 bits per heavy atom. The Labute approximate surface area is 107 Å². The van der Waals surface area contributed by atoms with Gasteiger partial charge in [0, 0.05) is 0 Å². The van der Waals surface area contributed by atoms with E-state index in [1.54, 1.807) is 26.0 Å². The average molecular weight is 252 g/mol. The zero-order valence-corrected chi connectivity index (χ0v) is 11.0. The molecule has 0 amide bonds. The zero-order chi connectivity index (χ0) is 13.8. The maximum Gasteiger partial charge on any atom is 0.312 e. The van der Waals surface area contributed by atoms with Gasteiger partial charge in [0.25, 0.3) is 0 Å². The van der Waals surface area contributed by atoms with Crippen LogP contribution in [0.4, 0.5) is 0 Å². The molecule has 0 spiro atoms. The minimum Gasteiger partial charge on any atom is -0.508 e. The molecule has 4 heteroatoms. The van der Waals surface area contributed by atoms with Crippen LogP contribution in [0.3, 0.4) is 0 Å². The molecule has 0 saturated heterocycles. The molecule has 0 bridgehead atoms. The van der Waals surface area contributed by atoms with E-state index in [9.17, 15) is 15.0 Å². The van der Waals surface area contributed by atoms with E-state index in [1.807, 2.05) is 6.92 Å². The molecular formula is C14H20O4. The highest BCUT2D eigenvalue weighted by Gasteiger charge is 2.38. The molecule has 0 saturated carbocycles. The molecule has 1 rings (SSSR count). The third kappa shape index (κ3) is 3.01. The van der Waals surface area contributed by atoms with Crippen molar-refractivity contribution in [3.05, 3.63) is 29.8 Å². The molecule has 0 fully saturated rings. The van der Waals surface area contributed by atoms with Crippen molar-refractivity contribution in [1.82, 2.24) is 0 Å². The topological polar surface area (TPSA) is 66.8 Å². The number of hydrogen-bond donors (Lipinski definition) is 2. The summed E-state index contributed by atoms with van der Waals surface area (Å²) >= 11 is 0. The average Bonchev–Trinajstić information content (AvgIpc) is 2.30. The van der Waals surface area contributed by atoms with Crippen molar-refractivity contribution >= 4 is 5.97 Å². The van der Waals surface area contributed by atoms with Crippen molar-refractivity contribution in [1.29, 1.82) is 0 Å². The van der Waals surface area contributed by atoms with Crippen LogP contribution in [0.1, 0.15) is 32.8 Å². The lowest BCUT2D eigenvalue weighted by atomic mass is 9.81. The lowest BCUT2D eigenvalue weighted by Gasteiger charge is -2.31. The minimum absolute atomic E-state index is 0.0616. The number of benzene rings is 1. The standard InChI is InChI=1S/C14H20O4/c1-4-12(13(16)18-5-2)14(3,17)10-7-6-8-11(15)9-10/h6-9,12,15,17H,4-5H2,1-3H3. The van der Waals surface area contributed by atoms with E-state index in [2.05, 4.69) is 0 Å². The first kappa shape index (κ1) is 14.5. The molecular weight excluding hydrogens is 232 g/mol. The number of carbonyl (C=O) groups is 1. The highest BCUT2D eigenvalue weighted by Crippen LogP contribution is 2.33. The molecule has 18 heavy (non-hydrogen) atoms. The predicted molar refractivity (Wildman–Crippen MR) is 68.1 cm³/mol. The zero-order valence-electron chi connectivity index (χ0n) is 11.0. The van der Waals surface area contributed by atoms with Crippen LogP contribution in [0.5, 0.6) is 5.75 Å². The van der Waals surface area contributed by atoms with E-state index < -0.39 is 17.5 Å². The number of ether oxygens (including phenoxy) is 1. The van der Waals surface area contributed by atoms with Crippen LogP contribution >= 0.6 is 0 Å². The third-order valence-corrected chi connectivity index (χ3v) is 3.09. The summed E-state index contributed by atoms with van der Waals surface area (Å²) in [5.41, 5.74) is -0.859. The predicted octanol–water partition coefficient (Wildman–Crippen LogP) is 2.19. The van der Waals surface area contributed by atoms with E-state index >= 15 is 0 Å². The van der Waals surface area contributed by atoms with Crippen molar-refractivity contribution in [2.75, 3.05) is 6.61 Å². The van der Waals surface area contributed by atoms with Gasteiger partial charge in [0.05, 0.1) is 12.5 Å². The second-order valence-electron chi connectivity index (χ2n) is 4.41. The second-order valence-corrected chi connectivity index (χ2v) is 4.41. The van der Waals surface area contributed by atoms with E-state index in [1.165, 1.54) is 12.1 Å². The van der Waals surface area contributed by atoms with Crippen LogP contribution in [0.15, 0.2) is 24.3 Å². The maximum absolute atomic E-state index is 11.8. The summed E-state index contributed by atoms with van der Waals surface area (Å²) < 4.78 is 4.97. The van der Waals surface area contributed by atoms with Gasteiger partial charge in [0.15, 0.2) is 0 Å². The summed E-state index contributed by atoms with van der Waals surface area (Å²) in [6.07, 6.45) is 0.460. The highest BCUT2D eigenvalue weighted by atomic mass is 16.5. The molecule has 0 aliphatic heterocycles. The van der Waals surface area contributed by atoms with Gasteiger partial charge in [-0.3, -0.25) is 4.79 Å². The van der Waals surface area contributed by atoms with Crippen molar-refractivity contribution in [3.8, 4) is 5.75 Å². The van der Waals surface area contributed by atoms with Gasteiger partial charge in [0.2, 0.25) is 0 Å². The number of carbonyl (C=O) groups excluding carboxylic acids is 1. The molecule has 100 valence electrons. The Balaban J connectivity index is 3.06. The fourth-order valence-electron chi connectivity index (χ4n) is 2.06. The number of esters is 1. The summed E-state index contributed by atoms with van der Waals surface area (Å²) in [5, 5.41) is 20.0. The number of aliphatic hydroxyl groups is 1. The number of phenolic OH excluding ortho intramolecular Hbond substituents is 1. The molecule has 2 N–H and O–H groups in total. The molecule has 4 nitrogen and oxygen atoms in total. The maximum atomic E-state index is 11.8. The van der Waals surface area contributed by atoms with Crippen LogP contribution in [0.25, 0.3) is 0 Å². The van der Waals surface area contributed by atoms with Crippen LogP contribution in [0.2, 0.25) is 0 Å². The van der Waals surface area contributed by atoms with E-state index in [0.29, 0.717) is 12.0 Å². The van der Waals surface area contributed by atoms with Gasteiger partial charge in [-0.15, -0.1) is 0 Å². The molecule has 0 aromatic heterocycles. The Hall–Kier alpha value is -1.55. The summed E-state index contributed by atoms with van der Waals surface area (Å²) in [6.45, 7) is 5.39. The molecule has 0 radical (unpaired) electrons. The molecule has 0 aliphatic carbocycles. The first-order valence-corrected chi connectivity index (χ1v) is 6.12.